The first kappa shape index (κ1) is 18.1. The van der Waals surface area contributed by atoms with Gasteiger partial charge in [0, 0.05) is 12.6 Å². The van der Waals surface area contributed by atoms with Crippen molar-refractivity contribution in [1.29, 1.82) is 0 Å². The van der Waals surface area contributed by atoms with E-state index in [1.165, 1.54) is 12.1 Å². The number of hydrogen-bond acceptors (Lipinski definition) is 3. The minimum atomic E-state index is -4.31. The lowest BCUT2D eigenvalue weighted by Crippen LogP contribution is -2.17. The first-order valence-corrected chi connectivity index (χ1v) is 7.51. The topological polar surface area (TPSA) is 30.5 Å². The fraction of sp³-hybridized carbons (Fsp3) is 0.333. The van der Waals surface area contributed by atoms with E-state index < -0.39 is 11.7 Å². The van der Waals surface area contributed by atoms with Crippen LogP contribution in [0.5, 0.6) is 11.5 Å². The number of ether oxygens (including phenoxy) is 2. The van der Waals surface area contributed by atoms with Gasteiger partial charge in [0.1, 0.15) is 11.5 Å². The van der Waals surface area contributed by atoms with Gasteiger partial charge in [0.25, 0.3) is 0 Å². The molecule has 2 aromatic rings. The van der Waals surface area contributed by atoms with Crippen molar-refractivity contribution in [2.45, 2.75) is 19.1 Å². The average Bonchev–Trinajstić information content (AvgIpc) is 2.58. The Hall–Kier alpha value is -2.21. The zero-order valence-electron chi connectivity index (χ0n) is 13.6. The lowest BCUT2D eigenvalue weighted by molar-refractivity contribution is -0.137. The molecule has 0 aliphatic heterocycles. The van der Waals surface area contributed by atoms with Crippen LogP contribution in [0, 0.1) is 0 Å². The molecule has 0 amide bonds. The molecule has 0 atom stereocenters. The molecule has 0 saturated carbocycles. The van der Waals surface area contributed by atoms with Crippen LogP contribution in [0.1, 0.15) is 16.7 Å². The highest BCUT2D eigenvalue weighted by molar-refractivity contribution is 5.38. The molecule has 3 nitrogen and oxygen atoms in total. The summed E-state index contributed by atoms with van der Waals surface area (Å²) in [6.07, 6.45) is -3.60. The number of hydrogen-bond donors (Lipinski definition) is 1. The van der Waals surface area contributed by atoms with Gasteiger partial charge in [-0.25, -0.2) is 0 Å². The van der Waals surface area contributed by atoms with Gasteiger partial charge in [-0.3, -0.25) is 0 Å². The molecular weight excluding hydrogens is 319 g/mol. The summed E-state index contributed by atoms with van der Waals surface area (Å²) in [6, 6.07) is 11.0. The van der Waals surface area contributed by atoms with Gasteiger partial charge in [0.15, 0.2) is 0 Å². The van der Waals surface area contributed by atoms with Crippen molar-refractivity contribution >= 4 is 0 Å². The van der Waals surface area contributed by atoms with Crippen LogP contribution in [0.15, 0.2) is 42.5 Å². The molecule has 2 rings (SSSR count). The molecule has 0 radical (unpaired) electrons. The summed E-state index contributed by atoms with van der Waals surface area (Å²) >= 11 is 0. The number of methoxy groups -OCH3 is 2. The predicted molar refractivity (Wildman–Crippen MR) is 86.4 cm³/mol. The zero-order valence-corrected chi connectivity index (χ0v) is 13.6. The lowest BCUT2D eigenvalue weighted by Gasteiger charge is -2.11. The van der Waals surface area contributed by atoms with Gasteiger partial charge >= 0.3 is 6.18 Å². The van der Waals surface area contributed by atoms with E-state index in [-0.39, 0.29) is 0 Å². The van der Waals surface area contributed by atoms with Gasteiger partial charge in [-0.2, -0.15) is 13.2 Å². The molecule has 6 heteroatoms. The van der Waals surface area contributed by atoms with Crippen molar-refractivity contribution in [3.63, 3.8) is 0 Å². The molecule has 0 aliphatic carbocycles. The normalized spacial score (nSPS) is 11.4. The fourth-order valence-electron chi connectivity index (χ4n) is 2.33. The SMILES string of the molecule is COc1cc(CCNCc2cccc(C(F)(F)F)c2)cc(OC)c1. The highest BCUT2D eigenvalue weighted by Gasteiger charge is 2.30. The standard InChI is InChI=1S/C18H20F3NO2/c1-23-16-9-13(10-17(11-16)24-2)6-7-22-12-14-4-3-5-15(8-14)18(19,20)21/h3-5,8-11,22H,6-7,12H2,1-2H3. The Morgan fingerprint density at radius 3 is 2.17 bits per heavy atom. The van der Waals surface area contributed by atoms with E-state index in [1.54, 1.807) is 26.4 Å². The monoisotopic (exact) mass is 339 g/mol. The molecule has 0 spiro atoms. The third-order valence-corrected chi connectivity index (χ3v) is 3.59. The Labute approximate surface area is 139 Å². The zero-order chi connectivity index (χ0) is 17.6. The second-order valence-corrected chi connectivity index (χ2v) is 5.35. The van der Waals surface area contributed by atoms with Gasteiger partial charge in [-0.05, 0) is 42.3 Å². The number of nitrogens with one attached hydrogen (secondary N) is 1. The van der Waals surface area contributed by atoms with Crippen LogP contribution in [0.25, 0.3) is 0 Å². The van der Waals surface area contributed by atoms with Crippen LogP contribution in [0.2, 0.25) is 0 Å². The van der Waals surface area contributed by atoms with Crippen LogP contribution in [0.3, 0.4) is 0 Å². The van der Waals surface area contributed by atoms with Gasteiger partial charge in [-0.15, -0.1) is 0 Å². The summed E-state index contributed by atoms with van der Waals surface area (Å²) in [7, 11) is 3.18. The molecule has 130 valence electrons. The van der Waals surface area contributed by atoms with E-state index in [9.17, 15) is 13.2 Å². The van der Waals surface area contributed by atoms with Gasteiger partial charge in [0.2, 0.25) is 0 Å². The molecule has 0 bridgehead atoms. The highest BCUT2D eigenvalue weighted by atomic mass is 19.4. The maximum Gasteiger partial charge on any atom is 0.416 e. The van der Waals surface area contributed by atoms with E-state index in [0.717, 1.165) is 11.6 Å². The van der Waals surface area contributed by atoms with Gasteiger partial charge in [-0.1, -0.05) is 18.2 Å². The van der Waals surface area contributed by atoms with E-state index in [4.69, 9.17) is 9.47 Å². The van der Waals surface area contributed by atoms with Crippen LogP contribution in [-0.2, 0) is 19.1 Å². The first-order chi connectivity index (χ1) is 11.4. The Balaban J connectivity index is 1.89. The number of rotatable bonds is 7. The summed E-state index contributed by atoms with van der Waals surface area (Å²) in [5.74, 6) is 1.42. The first-order valence-electron chi connectivity index (χ1n) is 7.51. The molecule has 0 saturated heterocycles. The molecular formula is C18H20F3NO2. The van der Waals surface area contributed by atoms with E-state index >= 15 is 0 Å². The number of benzene rings is 2. The molecule has 0 heterocycles. The summed E-state index contributed by atoms with van der Waals surface area (Å²) in [5, 5.41) is 3.15. The van der Waals surface area contributed by atoms with E-state index in [2.05, 4.69) is 5.32 Å². The Kier molecular flexibility index (Phi) is 6.09. The van der Waals surface area contributed by atoms with E-state index in [1.807, 2.05) is 12.1 Å². The van der Waals surface area contributed by atoms with Crippen molar-refractivity contribution in [2.24, 2.45) is 0 Å². The number of halogens is 3. The molecule has 2 aromatic carbocycles. The smallest absolute Gasteiger partial charge is 0.416 e. The van der Waals surface area contributed by atoms with Crippen LogP contribution in [-0.4, -0.2) is 20.8 Å². The maximum absolute atomic E-state index is 12.7. The molecule has 24 heavy (non-hydrogen) atoms. The Morgan fingerprint density at radius 2 is 1.58 bits per heavy atom. The van der Waals surface area contributed by atoms with Gasteiger partial charge in [0.05, 0.1) is 19.8 Å². The van der Waals surface area contributed by atoms with Crippen LogP contribution in [0.4, 0.5) is 13.2 Å². The van der Waals surface area contributed by atoms with Crippen molar-refractivity contribution in [3.05, 3.63) is 59.2 Å². The van der Waals surface area contributed by atoms with Crippen molar-refractivity contribution in [1.82, 2.24) is 5.32 Å². The summed E-state index contributed by atoms with van der Waals surface area (Å²) < 4.78 is 48.5. The largest absolute Gasteiger partial charge is 0.497 e. The van der Waals surface area contributed by atoms with Crippen LogP contribution < -0.4 is 14.8 Å². The fourth-order valence-corrected chi connectivity index (χ4v) is 2.33. The van der Waals surface area contributed by atoms with Crippen molar-refractivity contribution < 1.29 is 22.6 Å². The third kappa shape index (κ3) is 5.16. The maximum atomic E-state index is 12.7. The molecule has 1 N–H and O–H groups in total. The Bertz CT molecular complexity index is 649. The summed E-state index contributed by atoms with van der Waals surface area (Å²) in [6.45, 7) is 1.01. The average molecular weight is 339 g/mol. The predicted octanol–water partition coefficient (Wildman–Crippen LogP) is 4.05. The second kappa shape index (κ2) is 8.06. The molecule has 0 fully saturated rings. The lowest BCUT2D eigenvalue weighted by atomic mass is 10.1. The van der Waals surface area contributed by atoms with Crippen LogP contribution >= 0.6 is 0 Å². The van der Waals surface area contributed by atoms with E-state index in [0.29, 0.717) is 36.6 Å². The molecule has 0 aliphatic rings. The minimum Gasteiger partial charge on any atom is -0.497 e. The summed E-state index contributed by atoms with van der Waals surface area (Å²) in [4.78, 5) is 0. The number of alkyl halides is 3. The van der Waals surface area contributed by atoms with Gasteiger partial charge < -0.3 is 14.8 Å². The molecule has 0 aromatic heterocycles. The third-order valence-electron chi connectivity index (χ3n) is 3.59. The Morgan fingerprint density at radius 1 is 0.917 bits per heavy atom. The molecule has 0 unspecified atom stereocenters. The van der Waals surface area contributed by atoms with Crippen molar-refractivity contribution in [3.8, 4) is 11.5 Å². The summed E-state index contributed by atoms with van der Waals surface area (Å²) in [5.41, 5.74) is 1.01. The minimum absolute atomic E-state index is 0.380. The highest BCUT2D eigenvalue weighted by Crippen LogP contribution is 2.29. The van der Waals surface area contributed by atoms with Crippen molar-refractivity contribution in [2.75, 3.05) is 20.8 Å². The quantitative estimate of drug-likeness (QED) is 0.772. The second-order valence-electron chi connectivity index (χ2n) is 5.35.